The average Bonchev–Trinajstić information content (AvgIpc) is 2.20. The number of carboxylic acid groups (broad SMARTS) is 1. The molecular formula is C11H22O5. The summed E-state index contributed by atoms with van der Waals surface area (Å²) in [6.45, 7) is 7.22. The van der Waals surface area contributed by atoms with E-state index < -0.39 is 5.97 Å². The van der Waals surface area contributed by atoms with Crippen molar-refractivity contribution < 1.29 is 24.1 Å². The Morgan fingerprint density at radius 3 is 2.00 bits per heavy atom. The maximum Gasteiger partial charge on any atom is 0.305 e. The van der Waals surface area contributed by atoms with Crippen molar-refractivity contribution in [1.29, 1.82) is 0 Å². The van der Waals surface area contributed by atoms with Gasteiger partial charge in [0.05, 0.1) is 39.5 Å². The first-order chi connectivity index (χ1) is 7.63. The van der Waals surface area contributed by atoms with Gasteiger partial charge in [-0.3, -0.25) is 4.79 Å². The minimum atomic E-state index is -0.844. The third-order valence-electron chi connectivity index (χ3n) is 1.66. The van der Waals surface area contributed by atoms with Crippen LogP contribution in [0.3, 0.4) is 0 Å². The summed E-state index contributed by atoms with van der Waals surface area (Å²) in [5, 5.41) is 8.33. The second kappa shape index (κ2) is 10.9. The number of carbonyl (C=O) groups is 1. The molecule has 0 aromatic rings. The van der Waals surface area contributed by atoms with Gasteiger partial charge in [-0.2, -0.15) is 0 Å². The molecule has 0 aromatic heterocycles. The summed E-state index contributed by atoms with van der Waals surface area (Å²) >= 11 is 0. The SMILES string of the molecule is CC(C)COCCOCCOCCC(=O)O. The molecule has 0 fully saturated rings. The summed E-state index contributed by atoms with van der Waals surface area (Å²) in [6.07, 6.45) is 0.0392. The molecule has 16 heavy (non-hydrogen) atoms. The molecule has 5 nitrogen and oxygen atoms in total. The van der Waals surface area contributed by atoms with Crippen LogP contribution >= 0.6 is 0 Å². The van der Waals surface area contributed by atoms with Crippen LogP contribution in [-0.2, 0) is 19.0 Å². The first-order valence-corrected chi connectivity index (χ1v) is 5.58. The third kappa shape index (κ3) is 13.4. The molecule has 0 saturated carbocycles. The van der Waals surface area contributed by atoms with Gasteiger partial charge in [-0.25, -0.2) is 0 Å². The summed E-state index contributed by atoms with van der Waals surface area (Å²) in [7, 11) is 0. The summed E-state index contributed by atoms with van der Waals surface area (Å²) in [6, 6.07) is 0. The van der Waals surface area contributed by atoms with E-state index in [9.17, 15) is 4.79 Å². The van der Waals surface area contributed by atoms with Gasteiger partial charge < -0.3 is 19.3 Å². The van der Waals surface area contributed by atoms with Gasteiger partial charge in [0.15, 0.2) is 0 Å². The van der Waals surface area contributed by atoms with Gasteiger partial charge in [0, 0.05) is 6.61 Å². The average molecular weight is 234 g/mol. The zero-order chi connectivity index (χ0) is 12.2. The third-order valence-corrected chi connectivity index (χ3v) is 1.66. The van der Waals surface area contributed by atoms with Gasteiger partial charge in [0.1, 0.15) is 0 Å². The van der Waals surface area contributed by atoms with Gasteiger partial charge in [-0.05, 0) is 5.92 Å². The van der Waals surface area contributed by atoms with E-state index in [-0.39, 0.29) is 13.0 Å². The molecule has 0 amide bonds. The second-order valence-corrected chi connectivity index (χ2v) is 3.84. The first-order valence-electron chi connectivity index (χ1n) is 5.58. The molecule has 5 heteroatoms. The first kappa shape index (κ1) is 15.3. The Bertz CT molecular complexity index is 170. The minimum absolute atomic E-state index is 0.0392. The van der Waals surface area contributed by atoms with E-state index >= 15 is 0 Å². The minimum Gasteiger partial charge on any atom is -0.481 e. The van der Waals surface area contributed by atoms with Crippen LogP contribution in [0.1, 0.15) is 20.3 Å². The molecule has 0 heterocycles. The van der Waals surface area contributed by atoms with Crippen LogP contribution in [0.2, 0.25) is 0 Å². The smallest absolute Gasteiger partial charge is 0.305 e. The number of hydrogen-bond acceptors (Lipinski definition) is 4. The van der Waals surface area contributed by atoms with Crippen molar-refractivity contribution in [3.63, 3.8) is 0 Å². The van der Waals surface area contributed by atoms with Crippen LogP contribution in [0.5, 0.6) is 0 Å². The van der Waals surface area contributed by atoms with Crippen LogP contribution in [0, 0.1) is 5.92 Å². The van der Waals surface area contributed by atoms with Crippen molar-refractivity contribution in [3.8, 4) is 0 Å². The lowest BCUT2D eigenvalue weighted by Gasteiger charge is -2.07. The van der Waals surface area contributed by atoms with Crippen molar-refractivity contribution in [2.45, 2.75) is 20.3 Å². The van der Waals surface area contributed by atoms with E-state index in [1.54, 1.807) is 0 Å². The molecule has 0 aliphatic rings. The molecule has 1 N–H and O–H groups in total. The molecule has 96 valence electrons. The summed E-state index contributed by atoms with van der Waals surface area (Å²) in [5.74, 6) is -0.303. The van der Waals surface area contributed by atoms with Crippen LogP contribution in [0.4, 0.5) is 0 Å². The summed E-state index contributed by atoms with van der Waals surface area (Å²) < 4.78 is 15.6. The summed E-state index contributed by atoms with van der Waals surface area (Å²) in [4.78, 5) is 10.1. The monoisotopic (exact) mass is 234 g/mol. The quantitative estimate of drug-likeness (QED) is 0.544. The van der Waals surface area contributed by atoms with E-state index in [2.05, 4.69) is 13.8 Å². The lowest BCUT2D eigenvalue weighted by atomic mass is 10.2. The molecule has 0 aliphatic heterocycles. The molecular weight excluding hydrogens is 212 g/mol. The maximum atomic E-state index is 10.1. The number of rotatable bonds is 11. The number of hydrogen-bond donors (Lipinski definition) is 1. The van der Waals surface area contributed by atoms with Crippen molar-refractivity contribution in [3.05, 3.63) is 0 Å². The lowest BCUT2D eigenvalue weighted by molar-refractivity contribution is -0.138. The molecule has 0 atom stereocenters. The van der Waals surface area contributed by atoms with Crippen molar-refractivity contribution in [2.75, 3.05) is 39.6 Å². The topological polar surface area (TPSA) is 65.0 Å². The number of aliphatic carboxylic acids is 1. The Morgan fingerprint density at radius 2 is 1.50 bits per heavy atom. The second-order valence-electron chi connectivity index (χ2n) is 3.84. The van der Waals surface area contributed by atoms with Crippen LogP contribution in [0.15, 0.2) is 0 Å². The van der Waals surface area contributed by atoms with Gasteiger partial charge in [0.25, 0.3) is 0 Å². The largest absolute Gasteiger partial charge is 0.481 e. The predicted molar refractivity (Wildman–Crippen MR) is 59.5 cm³/mol. The zero-order valence-electron chi connectivity index (χ0n) is 10.1. The highest BCUT2D eigenvalue weighted by Gasteiger charge is 1.96. The molecule has 0 aliphatic carbocycles. The Labute approximate surface area is 96.7 Å². The Hall–Kier alpha value is -0.650. The number of carboxylic acids is 1. The Balaban J connectivity index is 2.96. The Kier molecular flexibility index (Phi) is 10.4. The highest BCUT2D eigenvalue weighted by molar-refractivity contribution is 5.66. The van der Waals surface area contributed by atoms with E-state index in [4.69, 9.17) is 19.3 Å². The molecule has 0 radical (unpaired) electrons. The fourth-order valence-electron chi connectivity index (χ4n) is 0.918. The molecule has 0 saturated heterocycles. The van der Waals surface area contributed by atoms with Crippen LogP contribution < -0.4 is 0 Å². The molecule has 0 unspecified atom stereocenters. The molecule has 0 rings (SSSR count). The highest BCUT2D eigenvalue weighted by Crippen LogP contribution is 1.91. The molecule has 0 aromatic carbocycles. The summed E-state index contributed by atoms with van der Waals surface area (Å²) in [5.41, 5.74) is 0. The van der Waals surface area contributed by atoms with E-state index in [0.717, 1.165) is 6.61 Å². The van der Waals surface area contributed by atoms with E-state index in [1.807, 2.05) is 0 Å². The van der Waals surface area contributed by atoms with Crippen LogP contribution in [0.25, 0.3) is 0 Å². The van der Waals surface area contributed by atoms with Crippen molar-refractivity contribution in [2.24, 2.45) is 5.92 Å². The lowest BCUT2D eigenvalue weighted by Crippen LogP contribution is -2.12. The van der Waals surface area contributed by atoms with Gasteiger partial charge in [0.2, 0.25) is 0 Å². The number of ether oxygens (including phenoxy) is 3. The molecule has 0 bridgehead atoms. The van der Waals surface area contributed by atoms with Crippen molar-refractivity contribution >= 4 is 5.97 Å². The standard InChI is InChI=1S/C11H22O5/c1-10(2)9-16-8-7-15-6-5-14-4-3-11(12)13/h10H,3-9H2,1-2H3,(H,12,13). The fourth-order valence-corrected chi connectivity index (χ4v) is 0.918. The fraction of sp³-hybridized carbons (Fsp3) is 0.909. The van der Waals surface area contributed by atoms with E-state index in [1.165, 1.54) is 0 Å². The van der Waals surface area contributed by atoms with Gasteiger partial charge >= 0.3 is 5.97 Å². The highest BCUT2D eigenvalue weighted by atomic mass is 16.5. The zero-order valence-corrected chi connectivity index (χ0v) is 10.1. The predicted octanol–water partition coefficient (Wildman–Crippen LogP) is 1.17. The van der Waals surface area contributed by atoms with Crippen LogP contribution in [-0.4, -0.2) is 50.7 Å². The van der Waals surface area contributed by atoms with Gasteiger partial charge in [-0.1, -0.05) is 13.8 Å². The van der Waals surface area contributed by atoms with Gasteiger partial charge in [-0.15, -0.1) is 0 Å². The van der Waals surface area contributed by atoms with Crippen molar-refractivity contribution in [1.82, 2.24) is 0 Å². The molecule has 0 spiro atoms. The maximum absolute atomic E-state index is 10.1. The van der Waals surface area contributed by atoms with E-state index in [0.29, 0.717) is 32.3 Å². The normalized spacial score (nSPS) is 10.9. The Morgan fingerprint density at radius 1 is 1.00 bits per heavy atom.